The highest BCUT2D eigenvalue weighted by atomic mass is 79.9. The van der Waals surface area contributed by atoms with Crippen LogP contribution in [-0.2, 0) is 15.6 Å². The van der Waals surface area contributed by atoms with Gasteiger partial charge in [-0.1, -0.05) is 31.9 Å². The third kappa shape index (κ3) is 3.51. The van der Waals surface area contributed by atoms with E-state index in [9.17, 15) is 8.42 Å². The first kappa shape index (κ1) is 14.9. The number of nitrogen functional groups attached to an aromatic ring is 1. The van der Waals surface area contributed by atoms with E-state index in [1.54, 1.807) is 12.1 Å². The molecule has 106 valence electrons. The van der Waals surface area contributed by atoms with Crippen molar-refractivity contribution >= 4 is 31.5 Å². The Morgan fingerprint density at radius 1 is 1.37 bits per heavy atom. The maximum atomic E-state index is 12.5. The molecule has 0 spiro atoms. The Balaban J connectivity index is 2.19. The highest BCUT2D eigenvalue weighted by Crippen LogP contribution is 2.32. The van der Waals surface area contributed by atoms with Crippen molar-refractivity contribution in [3.63, 3.8) is 0 Å². The van der Waals surface area contributed by atoms with Crippen molar-refractivity contribution in [1.82, 2.24) is 0 Å². The molecule has 0 saturated heterocycles. The minimum atomic E-state index is -3.09. The van der Waals surface area contributed by atoms with Gasteiger partial charge < -0.3 is 5.73 Å². The van der Waals surface area contributed by atoms with Crippen molar-refractivity contribution in [2.75, 3.05) is 5.73 Å². The average Bonchev–Trinajstić information content (AvgIpc) is 2.35. The van der Waals surface area contributed by atoms with Gasteiger partial charge in [0.25, 0.3) is 0 Å². The lowest BCUT2D eigenvalue weighted by Crippen LogP contribution is -2.28. The lowest BCUT2D eigenvalue weighted by Gasteiger charge is -2.26. The summed E-state index contributed by atoms with van der Waals surface area (Å²) in [4.78, 5) is 0. The van der Waals surface area contributed by atoms with Crippen LogP contribution in [-0.4, -0.2) is 13.7 Å². The first-order valence-electron chi connectivity index (χ1n) is 6.64. The number of sulfone groups is 1. The molecule has 1 fully saturated rings. The molecule has 0 amide bonds. The van der Waals surface area contributed by atoms with Crippen LogP contribution in [0.3, 0.4) is 0 Å². The smallest absolute Gasteiger partial charge is 0.157 e. The summed E-state index contributed by atoms with van der Waals surface area (Å²) in [5, 5.41) is -0.190. The van der Waals surface area contributed by atoms with Crippen LogP contribution in [0.5, 0.6) is 0 Å². The Kier molecular flexibility index (Phi) is 4.56. The molecular weight excluding hydrogens is 326 g/mol. The highest BCUT2D eigenvalue weighted by molar-refractivity contribution is 9.10. The Labute approximate surface area is 123 Å². The molecule has 0 heterocycles. The van der Waals surface area contributed by atoms with Gasteiger partial charge in [-0.2, -0.15) is 0 Å². The molecule has 0 aliphatic heterocycles. The van der Waals surface area contributed by atoms with Gasteiger partial charge >= 0.3 is 0 Å². The number of hydrogen-bond donors (Lipinski definition) is 1. The number of halogens is 1. The summed E-state index contributed by atoms with van der Waals surface area (Å²) in [7, 11) is -3.09. The molecule has 1 aliphatic carbocycles. The number of rotatable bonds is 3. The van der Waals surface area contributed by atoms with Crippen molar-refractivity contribution in [2.45, 2.75) is 43.6 Å². The monoisotopic (exact) mass is 345 g/mol. The molecule has 3 nitrogen and oxygen atoms in total. The molecule has 2 N–H and O–H groups in total. The van der Waals surface area contributed by atoms with Gasteiger partial charge in [0.05, 0.1) is 11.0 Å². The Morgan fingerprint density at radius 3 is 2.79 bits per heavy atom. The molecule has 2 atom stereocenters. The topological polar surface area (TPSA) is 60.2 Å². The minimum Gasteiger partial charge on any atom is -0.398 e. The van der Waals surface area contributed by atoms with Gasteiger partial charge in [-0.3, -0.25) is 0 Å². The van der Waals surface area contributed by atoms with Crippen molar-refractivity contribution < 1.29 is 8.42 Å². The van der Waals surface area contributed by atoms with Crippen molar-refractivity contribution in [3.8, 4) is 0 Å². The summed E-state index contributed by atoms with van der Waals surface area (Å²) in [6.07, 6.45) is 3.76. The van der Waals surface area contributed by atoms with Crippen LogP contribution in [0, 0.1) is 5.92 Å². The van der Waals surface area contributed by atoms with Crippen LogP contribution >= 0.6 is 15.9 Å². The number of hydrogen-bond acceptors (Lipinski definition) is 3. The third-order valence-corrected chi connectivity index (χ3v) is 6.99. The highest BCUT2D eigenvalue weighted by Gasteiger charge is 2.30. The van der Waals surface area contributed by atoms with E-state index in [0.29, 0.717) is 16.1 Å². The van der Waals surface area contributed by atoms with E-state index in [-0.39, 0.29) is 11.0 Å². The molecule has 2 unspecified atom stereocenters. The van der Waals surface area contributed by atoms with E-state index in [1.165, 1.54) is 0 Å². The molecule has 0 aromatic heterocycles. The van der Waals surface area contributed by atoms with Crippen molar-refractivity contribution in [2.24, 2.45) is 5.92 Å². The van der Waals surface area contributed by atoms with Crippen LogP contribution in [0.25, 0.3) is 0 Å². The van der Waals surface area contributed by atoms with Crippen LogP contribution in [0.1, 0.15) is 38.2 Å². The molecule has 1 aromatic rings. The molecule has 5 heteroatoms. The van der Waals surface area contributed by atoms with Crippen LogP contribution in [0.15, 0.2) is 22.7 Å². The zero-order valence-corrected chi connectivity index (χ0v) is 13.5. The van der Waals surface area contributed by atoms with E-state index in [0.717, 1.165) is 31.2 Å². The van der Waals surface area contributed by atoms with Gasteiger partial charge in [0.15, 0.2) is 9.84 Å². The number of nitrogens with two attached hydrogens (primary N) is 1. The Bertz CT molecular complexity index is 557. The standard InChI is InChI=1S/C14H20BrNO2S/c1-10-4-2-6-12(8-10)19(17,18)9-11-5-3-7-13(16)14(11)15/h3,5,7,10,12H,2,4,6,8-9,16H2,1H3. The molecule has 0 bridgehead atoms. The summed E-state index contributed by atoms with van der Waals surface area (Å²) in [5.41, 5.74) is 7.15. The van der Waals surface area contributed by atoms with E-state index < -0.39 is 9.84 Å². The number of benzene rings is 1. The zero-order valence-electron chi connectivity index (χ0n) is 11.1. The minimum absolute atomic E-state index is 0.0794. The van der Waals surface area contributed by atoms with Gasteiger partial charge in [-0.05, 0) is 46.3 Å². The SMILES string of the molecule is CC1CCCC(S(=O)(=O)Cc2cccc(N)c2Br)C1. The largest absolute Gasteiger partial charge is 0.398 e. The lowest BCUT2D eigenvalue weighted by molar-refractivity contribution is 0.382. The second-order valence-electron chi connectivity index (χ2n) is 5.52. The zero-order chi connectivity index (χ0) is 14.0. The van der Waals surface area contributed by atoms with E-state index in [4.69, 9.17) is 5.73 Å². The molecule has 0 radical (unpaired) electrons. The lowest BCUT2D eigenvalue weighted by atomic mass is 9.91. The summed E-state index contributed by atoms with van der Waals surface area (Å²) in [6, 6.07) is 5.39. The number of anilines is 1. The summed E-state index contributed by atoms with van der Waals surface area (Å²) in [5.74, 6) is 0.591. The fourth-order valence-electron chi connectivity index (χ4n) is 2.75. The second-order valence-corrected chi connectivity index (χ2v) is 8.60. The van der Waals surface area contributed by atoms with E-state index >= 15 is 0 Å². The summed E-state index contributed by atoms with van der Waals surface area (Å²) in [6.45, 7) is 2.14. The van der Waals surface area contributed by atoms with Gasteiger partial charge in [0, 0.05) is 10.2 Å². The summed E-state index contributed by atoms with van der Waals surface area (Å²) >= 11 is 3.38. The van der Waals surface area contributed by atoms with Crippen molar-refractivity contribution in [3.05, 3.63) is 28.2 Å². The predicted molar refractivity (Wildman–Crippen MR) is 82.6 cm³/mol. The molecular formula is C14H20BrNO2S. The van der Waals surface area contributed by atoms with Gasteiger partial charge in [0.1, 0.15) is 0 Å². The molecule has 2 rings (SSSR count). The van der Waals surface area contributed by atoms with Gasteiger partial charge in [0.2, 0.25) is 0 Å². The Morgan fingerprint density at radius 2 is 2.11 bits per heavy atom. The van der Waals surface area contributed by atoms with Gasteiger partial charge in [-0.25, -0.2) is 8.42 Å². The van der Waals surface area contributed by atoms with Crippen LogP contribution in [0.4, 0.5) is 5.69 Å². The second kappa shape index (κ2) is 5.83. The first-order chi connectivity index (χ1) is 8.90. The maximum absolute atomic E-state index is 12.5. The van der Waals surface area contributed by atoms with Crippen molar-refractivity contribution in [1.29, 1.82) is 0 Å². The maximum Gasteiger partial charge on any atom is 0.157 e. The van der Waals surface area contributed by atoms with Crippen LogP contribution < -0.4 is 5.73 Å². The Hall–Kier alpha value is -0.550. The van der Waals surface area contributed by atoms with Crippen LogP contribution in [0.2, 0.25) is 0 Å². The molecule has 1 aliphatic rings. The average molecular weight is 346 g/mol. The molecule has 19 heavy (non-hydrogen) atoms. The molecule has 1 saturated carbocycles. The predicted octanol–water partition coefficient (Wildman–Crippen LogP) is 3.52. The summed E-state index contributed by atoms with van der Waals surface area (Å²) < 4.78 is 25.7. The fraction of sp³-hybridized carbons (Fsp3) is 0.571. The fourth-order valence-corrected chi connectivity index (χ4v) is 5.40. The van der Waals surface area contributed by atoms with E-state index in [1.807, 2.05) is 6.07 Å². The normalized spacial score (nSPS) is 24.3. The van der Waals surface area contributed by atoms with E-state index in [2.05, 4.69) is 22.9 Å². The first-order valence-corrected chi connectivity index (χ1v) is 9.15. The third-order valence-electron chi connectivity index (χ3n) is 3.86. The van der Waals surface area contributed by atoms with Gasteiger partial charge in [-0.15, -0.1) is 0 Å². The quantitative estimate of drug-likeness (QED) is 0.852. The molecule has 1 aromatic carbocycles.